The van der Waals surface area contributed by atoms with E-state index in [0.717, 1.165) is 36.8 Å². The first kappa shape index (κ1) is 13.7. The van der Waals surface area contributed by atoms with Crippen LogP contribution in [0.4, 0.5) is 0 Å². The highest BCUT2D eigenvalue weighted by Gasteiger charge is 2.36. The lowest BCUT2D eigenvalue weighted by Crippen LogP contribution is -2.51. The summed E-state index contributed by atoms with van der Waals surface area (Å²) in [4.78, 5) is 12.1. The summed E-state index contributed by atoms with van der Waals surface area (Å²) in [6.45, 7) is 0.476. The van der Waals surface area contributed by atoms with E-state index in [1.54, 1.807) is 0 Å². The fourth-order valence-electron chi connectivity index (χ4n) is 2.65. The Morgan fingerprint density at radius 3 is 2.62 bits per heavy atom. The second-order valence-electron chi connectivity index (χ2n) is 5.48. The summed E-state index contributed by atoms with van der Waals surface area (Å²) >= 11 is 0. The molecule has 1 heterocycles. The molecule has 21 heavy (non-hydrogen) atoms. The normalized spacial score (nSPS) is 16.8. The number of H-pyrrole nitrogens is 1. The van der Waals surface area contributed by atoms with E-state index >= 15 is 0 Å². The van der Waals surface area contributed by atoms with Gasteiger partial charge in [0.1, 0.15) is 0 Å². The number of tetrazole rings is 1. The lowest BCUT2D eigenvalue weighted by molar-refractivity contribution is -0.126. The van der Waals surface area contributed by atoms with E-state index in [2.05, 4.69) is 25.9 Å². The van der Waals surface area contributed by atoms with Crippen LogP contribution in [0.15, 0.2) is 24.3 Å². The molecule has 1 saturated carbocycles. The number of carbonyl (C=O) groups excluding carboxylic acids is 1. The first-order valence-electron chi connectivity index (χ1n) is 7.07. The van der Waals surface area contributed by atoms with Crippen molar-refractivity contribution in [2.75, 3.05) is 0 Å². The van der Waals surface area contributed by atoms with Gasteiger partial charge in [0.15, 0.2) is 0 Å². The molecule has 7 heteroatoms. The van der Waals surface area contributed by atoms with Crippen LogP contribution in [0.2, 0.25) is 0 Å². The number of hydrogen-bond acceptors (Lipinski definition) is 5. The summed E-state index contributed by atoms with van der Waals surface area (Å²) in [6.07, 6.45) is 3.61. The van der Waals surface area contributed by atoms with Gasteiger partial charge in [0.2, 0.25) is 11.7 Å². The number of aromatic nitrogens is 4. The van der Waals surface area contributed by atoms with Crippen molar-refractivity contribution < 1.29 is 4.79 Å². The zero-order valence-electron chi connectivity index (χ0n) is 11.7. The molecule has 0 radical (unpaired) electrons. The zero-order valence-corrected chi connectivity index (χ0v) is 11.7. The maximum Gasteiger partial charge on any atom is 0.240 e. The Balaban J connectivity index is 1.60. The highest BCUT2D eigenvalue weighted by atomic mass is 16.2. The van der Waals surface area contributed by atoms with Crippen molar-refractivity contribution in [3.05, 3.63) is 29.8 Å². The highest BCUT2D eigenvalue weighted by molar-refractivity contribution is 5.86. The SMILES string of the molecule is NC1(C(=O)NCc2ccc(-c3nn[nH]n3)cc2)CCCC1. The van der Waals surface area contributed by atoms with Gasteiger partial charge in [-0.1, -0.05) is 37.1 Å². The topological polar surface area (TPSA) is 110 Å². The quantitative estimate of drug-likeness (QED) is 0.768. The molecule has 0 spiro atoms. The number of carbonyl (C=O) groups is 1. The molecule has 0 saturated heterocycles. The van der Waals surface area contributed by atoms with Gasteiger partial charge in [0.25, 0.3) is 0 Å². The molecule has 1 aromatic heterocycles. The average Bonchev–Trinajstić information content (AvgIpc) is 3.17. The van der Waals surface area contributed by atoms with E-state index in [0.29, 0.717) is 12.4 Å². The van der Waals surface area contributed by atoms with Gasteiger partial charge in [-0.3, -0.25) is 4.79 Å². The molecular formula is C14H18N6O. The van der Waals surface area contributed by atoms with Crippen LogP contribution in [0.1, 0.15) is 31.2 Å². The second-order valence-corrected chi connectivity index (χ2v) is 5.48. The van der Waals surface area contributed by atoms with Gasteiger partial charge in [-0.25, -0.2) is 0 Å². The maximum absolute atomic E-state index is 12.1. The predicted molar refractivity (Wildman–Crippen MR) is 76.8 cm³/mol. The van der Waals surface area contributed by atoms with Gasteiger partial charge in [0.05, 0.1) is 5.54 Å². The van der Waals surface area contributed by atoms with Crippen molar-refractivity contribution in [3.63, 3.8) is 0 Å². The Morgan fingerprint density at radius 1 is 1.29 bits per heavy atom. The van der Waals surface area contributed by atoms with Crippen LogP contribution in [0.5, 0.6) is 0 Å². The molecule has 110 valence electrons. The monoisotopic (exact) mass is 286 g/mol. The number of rotatable bonds is 4. The molecule has 1 aliphatic rings. The van der Waals surface area contributed by atoms with E-state index in [1.165, 1.54) is 0 Å². The molecule has 1 amide bonds. The second kappa shape index (κ2) is 5.61. The Morgan fingerprint density at radius 2 is 2.00 bits per heavy atom. The Labute approximate surface area is 122 Å². The van der Waals surface area contributed by atoms with Gasteiger partial charge in [-0.05, 0) is 23.6 Å². The van der Waals surface area contributed by atoms with Crippen LogP contribution in [0.25, 0.3) is 11.4 Å². The van der Waals surface area contributed by atoms with E-state index in [1.807, 2.05) is 24.3 Å². The molecule has 3 rings (SSSR count). The molecule has 0 atom stereocenters. The molecule has 7 nitrogen and oxygen atoms in total. The smallest absolute Gasteiger partial charge is 0.240 e. The number of nitrogens with two attached hydrogens (primary N) is 1. The van der Waals surface area contributed by atoms with Gasteiger partial charge >= 0.3 is 0 Å². The average molecular weight is 286 g/mol. The van der Waals surface area contributed by atoms with Crippen molar-refractivity contribution in [2.45, 2.75) is 37.8 Å². The molecule has 0 aliphatic heterocycles. The van der Waals surface area contributed by atoms with Crippen molar-refractivity contribution in [2.24, 2.45) is 5.73 Å². The number of aromatic amines is 1. The third-order valence-electron chi connectivity index (χ3n) is 3.96. The molecule has 4 N–H and O–H groups in total. The van der Waals surface area contributed by atoms with E-state index in [9.17, 15) is 4.79 Å². The number of benzene rings is 1. The maximum atomic E-state index is 12.1. The zero-order chi connectivity index (χ0) is 14.7. The van der Waals surface area contributed by atoms with Crippen LogP contribution in [-0.4, -0.2) is 32.1 Å². The van der Waals surface area contributed by atoms with E-state index < -0.39 is 5.54 Å². The van der Waals surface area contributed by atoms with Crippen LogP contribution in [-0.2, 0) is 11.3 Å². The largest absolute Gasteiger partial charge is 0.350 e. The number of nitrogens with one attached hydrogen (secondary N) is 2. The predicted octanol–water partition coefficient (Wildman–Crippen LogP) is 0.754. The van der Waals surface area contributed by atoms with E-state index in [-0.39, 0.29) is 5.91 Å². The van der Waals surface area contributed by atoms with Crippen LogP contribution in [0, 0.1) is 0 Å². The minimum absolute atomic E-state index is 0.0535. The van der Waals surface area contributed by atoms with Crippen molar-refractivity contribution >= 4 is 5.91 Å². The number of amides is 1. The first-order valence-corrected chi connectivity index (χ1v) is 7.07. The molecule has 0 unspecified atom stereocenters. The summed E-state index contributed by atoms with van der Waals surface area (Å²) in [6, 6.07) is 7.67. The number of hydrogen-bond donors (Lipinski definition) is 3. The standard InChI is InChI=1S/C14H18N6O/c15-14(7-1-2-8-14)13(21)16-9-10-3-5-11(6-4-10)12-17-19-20-18-12/h3-6H,1-2,7-9,15H2,(H,16,21)(H,17,18,19,20). The summed E-state index contributed by atoms with van der Waals surface area (Å²) in [5.41, 5.74) is 7.33. The van der Waals surface area contributed by atoms with Crippen LogP contribution in [0.3, 0.4) is 0 Å². The Kier molecular flexibility index (Phi) is 3.66. The summed E-state index contributed by atoms with van der Waals surface area (Å²) in [5.74, 6) is 0.500. The van der Waals surface area contributed by atoms with Crippen molar-refractivity contribution in [1.29, 1.82) is 0 Å². The Bertz CT molecular complexity index is 601. The lowest BCUT2D eigenvalue weighted by Gasteiger charge is -2.22. The summed E-state index contributed by atoms with van der Waals surface area (Å²) in [7, 11) is 0. The number of nitrogens with zero attached hydrogens (tertiary/aromatic N) is 3. The fraction of sp³-hybridized carbons (Fsp3) is 0.429. The van der Waals surface area contributed by atoms with Gasteiger partial charge < -0.3 is 11.1 Å². The minimum atomic E-state index is -0.676. The lowest BCUT2D eigenvalue weighted by atomic mass is 9.98. The summed E-state index contributed by atoms with van der Waals surface area (Å²) in [5, 5.41) is 16.7. The third kappa shape index (κ3) is 2.92. The van der Waals surface area contributed by atoms with E-state index in [4.69, 9.17) is 5.73 Å². The Hall–Kier alpha value is -2.28. The third-order valence-corrected chi connectivity index (χ3v) is 3.96. The molecule has 1 aliphatic carbocycles. The molecule has 2 aromatic rings. The fourth-order valence-corrected chi connectivity index (χ4v) is 2.65. The first-order chi connectivity index (χ1) is 10.2. The van der Waals surface area contributed by atoms with Gasteiger partial charge in [-0.15, -0.1) is 10.2 Å². The molecule has 1 fully saturated rings. The summed E-state index contributed by atoms with van der Waals surface area (Å²) < 4.78 is 0. The van der Waals surface area contributed by atoms with Crippen molar-refractivity contribution in [1.82, 2.24) is 25.9 Å². The molecule has 1 aromatic carbocycles. The molecule has 0 bridgehead atoms. The van der Waals surface area contributed by atoms with Crippen molar-refractivity contribution in [3.8, 4) is 11.4 Å². The minimum Gasteiger partial charge on any atom is -0.350 e. The van der Waals surface area contributed by atoms with Crippen LogP contribution >= 0.6 is 0 Å². The van der Waals surface area contributed by atoms with Crippen LogP contribution < -0.4 is 11.1 Å². The van der Waals surface area contributed by atoms with Gasteiger partial charge in [0, 0.05) is 12.1 Å². The highest BCUT2D eigenvalue weighted by Crippen LogP contribution is 2.27. The van der Waals surface area contributed by atoms with Gasteiger partial charge in [-0.2, -0.15) is 5.21 Å². The molecular weight excluding hydrogens is 268 g/mol.